The third kappa shape index (κ3) is 5.99. The van der Waals surface area contributed by atoms with E-state index in [0.717, 1.165) is 5.56 Å². The van der Waals surface area contributed by atoms with Crippen molar-refractivity contribution in [1.29, 1.82) is 0 Å². The second-order valence-electron chi connectivity index (χ2n) is 8.25. The van der Waals surface area contributed by atoms with Crippen molar-refractivity contribution < 1.29 is 22.0 Å². The number of benzene rings is 3. The van der Waals surface area contributed by atoms with Crippen LogP contribution in [0.4, 0.5) is 5.69 Å². The summed E-state index contributed by atoms with van der Waals surface area (Å²) in [6, 6.07) is 19.8. The molecule has 0 aliphatic rings. The van der Waals surface area contributed by atoms with Gasteiger partial charge in [-0.2, -0.15) is 0 Å². The second-order valence-corrected chi connectivity index (χ2v) is 12.0. The quantitative estimate of drug-likeness (QED) is 0.275. The lowest BCUT2D eigenvalue weighted by Crippen LogP contribution is -2.20. The molecular weight excluding hydrogens is 513 g/mol. The van der Waals surface area contributed by atoms with Gasteiger partial charge in [-0.3, -0.25) is 18.6 Å². The van der Waals surface area contributed by atoms with Crippen molar-refractivity contribution in [2.75, 3.05) is 17.9 Å². The fourth-order valence-corrected chi connectivity index (χ4v) is 6.68. The van der Waals surface area contributed by atoms with Crippen molar-refractivity contribution in [3.05, 3.63) is 88.7 Å². The summed E-state index contributed by atoms with van der Waals surface area (Å²) in [7, 11) is -5.42. The molecule has 3 aromatic carbocycles. The molecule has 0 spiro atoms. The lowest BCUT2D eigenvalue weighted by Gasteiger charge is -2.17. The molecule has 0 unspecified atom stereocenters. The zero-order chi connectivity index (χ0) is 26.6. The van der Waals surface area contributed by atoms with E-state index >= 15 is 0 Å². The number of sulfonamides is 1. The van der Waals surface area contributed by atoms with Gasteiger partial charge in [-0.05, 0) is 49.7 Å². The predicted molar refractivity (Wildman–Crippen MR) is 144 cm³/mol. The van der Waals surface area contributed by atoms with Crippen LogP contribution < -0.4 is 10.3 Å². The fourth-order valence-electron chi connectivity index (χ4n) is 3.91. The first kappa shape index (κ1) is 26.8. The Morgan fingerprint density at radius 2 is 1.59 bits per heavy atom. The highest BCUT2D eigenvalue weighted by atomic mass is 32.2. The summed E-state index contributed by atoms with van der Waals surface area (Å²) in [4.78, 5) is 17.8. The van der Waals surface area contributed by atoms with Crippen LogP contribution in [0.3, 0.4) is 0 Å². The zero-order valence-corrected chi connectivity index (χ0v) is 22.5. The normalized spacial score (nSPS) is 12.1. The Kier molecular flexibility index (Phi) is 7.94. The van der Waals surface area contributed by atoms with Crippen LogP contribution in [0.2, 0.25) is 0 Å². The van der Waals surface area contributed by atoms with Crippen LogP contribution in [-0.4, -0.2) is 31.2 Å². The molecule has 1 heterocycles. The Hall–Kier alpha value is -3.30. The lowest BCUT2D eigenvalue weighted by molar-refractivity contribution is 0.219. The van der Waals surface area contributed by atoms with Crippen LogP contribution in [0.5, 0.6) is 0 Å². The Bertz CT molecular complexity index is 1610. The van der Waals surface area contributed by atoms with Crippen LogP contribution in [0.25, 0.3) is 22.3 Å². The van der Waals surface area contributed by atoms with E-state index in [1.54, 1.807) is 69.4 Å². The standard InChI is InChI=1S/C26H28N3O6PS/c1-4-34-36(31,35-5-2)18-19-11-13-20(14-12-19)25-27-24-17-21(15-16-23(24)26(30)29(25)3)28-37(32,33)22-9-7-6-8-10-22/h6-17,28H,4-5,18H2,1-3H3. The second kappa shape index (κ2) is 11.0. The molecule has 0 saturated heterocycles. The number of nitrogens with one attached hydrogen (secondary N) is 1. The van der Waals surface area contributed by atoms with E-state index in [9.17, 15) is 17.8 Å². The molecule has 1 N–H and O–H groups in total. The van der Waals surface area contributed by atoms with Crippen molar-refractivity contribution in [3.63, 3.8) is 0 Å². The van der Waals surface area contributed by atoms with Gasteiger partial charge < -0.3 is 9.05 Å². The minimum absolute atomic E-state index is 0.129. The third-order valence-electron chi connectivity index (χ3n) is 5.62. The first-order valence-corrected chi connectivity index (χ1v) is 14.9. The lowest BCUT2D eigenvalue weighted by atomic mass is 10.1. The molecule has 1 aromatic heterocycles. The molecule has 0 aliphatic heterocycles. The van der Waals surface area contributed by atoms with Gasteiger partial charge in [-0.15, -0.1) is 0 Å². The first-order chi connectivity index (χ1) is 17.7. The Labute approximate surface area is 215 Å². The number of fused-ring (bicyclic) bond motifs is 1. The molecule has 194 valence electrons. The van der Waals surface area contributed by atoms with Crippen molar-refractivity contribution in [1.82, 2.24) is 9.55 Å². The van der Waals surface area contributed by atoms with Crippen molar-refractivity contribution in [3.8, 4) is 11.4 Å². The Morgan fingerprint density at radius 3 is 2.22 bits per heavy atom. The van der Waals surface area contributed by atoms with Crippen LogP contribution in [0.1, 0.15) is 19.4 Å². The highest BCUT2D eigenvalue weighted by Crippen LogP contribution is 2.51. The number of hydrogen-bond acceptors (Lipinski definition) is 7. The molecular formula is C26H28N3O6PS. The van der Waals surface area contributed by atoms with Crippen molar-refractivity contribution in [2.45, 2.75) is 24.9 Å². The molecule has 0 bridgehead atoms. The number of hydrogen-bond donors (Lipinski definition) is 1. The summed E-state index contributed by atoms with van der Waals surface area (Å²) in [5.74, 6) is 0.407. The van der Waals surface area contributed by atoms with Gasteiger partial charge >= 0.3 is 7.60 Å². The molecule has 37 heavy (non-hydrogen) atoms. The van der Waals surface area contributed by atoms with Crippen LogP contribution in [-0.2, 0) is 36.8 Å². The highest BCUT2D eigenvalue weighted by Gasteiger charge is 2.24. The number of rotatable bonds is 10. The molecule has 0 atom stereocenters. The van der Waals surface area contributed by atoms with E-state index in [4.69, 9.17) is 9.05 Å². The average molecular weight is 542 g/mol. The van der Waals surface area contributed by atoms with Gasteiger partial charge in [0.2, 0.25) is 0 Å². The van der Waals surface area contributed by atoms with E-state index in [1.165, 1.54) is 28.8 Å². The fraction of sp³-hybridized carbons (Fsp3) is 0.231. The van der Waals surface area contributed by atoms with Crippen molar-refractivity contribution in [2.24, 2.45) is 7.05 Å². The van der Waals surface area contributed by atoms with Gasteiger partial charge in [-0.25, -0.2) is 13.4 Å². The third-order valence-corrected chi connectivity index (χ3v) is 9.08. The molecule has 4 rings (SSSR count). The van der Waals surface area contributed by atoms with E-state index < -0.39 is 17.6 Å². The molecule has 0 saturated carbocycles. The minimum atomic E-state index is -3.80. The summed E-state index contributed by atoms with van der Waals surface area (Å²) in [5, 5.41) is 0.361. The largest absolute Gasteiger partial charge is 0.335 e. The average Bonchev–Trinajstić information content (AvgIpc) is 2.87. The molecule has 4 aromatic rings. The van der Waals surface area contributed by atoms with Gasteiger partial charge in [-0.1, -0.05) is 42.5 Å². The van der Waals surface area contributed by atoms with E-state index in [1.807, 2.05) is 0 Å². The van der Waals surface area contributed by atoms with Crippen LogP contribution >= 0.6 is 7.60 Å². The van der Waals surface area contributed by atoms with Gasteiger partial charge in [0.1, 0.15) is 5.82 Å². The maximum Gasteiger partial charge on any atom is 0.335 e. The molecule has 0 amide bonds. The molecule has 0 radical (unpaired) electrons. The topological polar surface area (TPSA) is 117 Å². The summed E-state index contributed by atoms with van der Waals surface area (Å²) >= 11 is 0. The summed E-state index contributed by atoms with van der Waals surface area (Å²) in [6.07, 6.45) is 0.129. The molecule has 9 nitrogen and oxygen atoms in total. The maximum absolute atomic E-state index is 13.1. The van der Waals surface area contributed by atoms with E-state index in [-0.39, 0.29) is 29.8 Å². The first-order valence-electron chi connectivity index (χ1n) is 11.7. The number of nitrogens with zero attached hydrogens (tertiary/aromatic N) is 2. The van der Waals surface area contributed by atoms with Gasteiger partial charge in [0.15, 0.2) is 0 Å². The van der Waals surface area contributed by atoms with Crippen molar-refractivity contribution >= 4 is 34.2 Å². The molecule has 0 aliphatic carbocycles. The predicted octanol–water partition coefficient (Wildman–Crippen LogP) is 5.17. The number of aromatic nitrogens is 2. The highest BCUT2D eigenvalue weighted by molar-refractivity contribution is 7.92. The SMILES string of the molecule is CCOP(=O)(Cc1ccc(-c2nc3cc(NS(=O)(=O)c4ccccc4)ccc3c(=O)n2C)cc1)OCC. The summed E-state index contributed by atoms with van der Waals surface area (Å²) in [6.45, 7) is 4.08. The number of anilines is 1. The molecule has 0 fully saturated rings. The minimum Gasteiger partial charge on any atom is -0.309 e. The monoisotopic (exact) mass is 541 g/mol. The van der Waals surface area contributed by atoms with Gasteiger partial charge in [0.05, 0.1) is 40.9 Å². The summed E-state index contributed by atoms with van der Waals surface area (Å²) in [5.41, 5.74) is 1.81. The van der Waals surface area contributed by atoms with E-state index in [0.29, 0.717) is 28.0 Å². The Balaban J connectivity index is 1.67. The van der Waals surface area contributed by atoms with Crippen LogP contribution in [0, 0.1) is 0 Å². The maximum atomic E-state index is 13.1. The van der Waals surface area contributed by atoms with E-state index in [2.05, 4.69) is 9.71 Å². The Morgan fingerprint density at radius 1 is 0.946 bits per heavy atom. The van der Waals surface area contributed by atoms with Gasteiger partial charge in [0.25, 0.3) is 15.6 Å². The van der Waals surface area contributed by atoms with Gasteiger partial charge in [0, 0.05) is 12.6 Å². The summed E-state index contributed by atoms with van der Waals surface area (Å²) < 4.78 is 53.0. The smallest absolute Gasteiger partial charge is 0.309 e. The van der Waals surface area contributed by atoms with Crippen LogP contribution in [0.15, 0.2) is 82.5 Å². The molecule has 11 heteroatoms. The zero-order valence-electron chi connectivity index (χ0n) is 20.7.